The van der Waals surface area contributed by atoms with Gasteiger partial charge in [0, 0.05) is 6.42 Å². The Bertz CT molecular complexity index is 197. The standard InChI is InChI=1S/C8H14N2/c1-5-3-7(9)10-8(2)4-6(5)8/h5-6H,3-4H2,1-2H3,(H2,9,10)/t5-,6-,8-/m0/s1. The third kappa shape index (κ3) is 0.678. The average molecular weight is 138 g/mol. The smallest absolute Gasteiger partial charge is 0.0946 e. The molecule has 2 aliphatic rings. The second-order valence-corrected chi connectivity index (χ2v) is 3.95. The summed E-state index contributed by atoms with van der Waals surface area (Å²) in [6.45, 7) is 4.48. The second-order valence-electron chi connectivity index (χ2n) is 3.95. The van der Waals surface area contributed by atoms with Gasteiger partial charge in [0.15, 0.2) is 0 Å². The van der Waals surface area contributed by atoms with Gasteiger partial charge >= 0.3 is 0 Å². The first-order chi connectivity index (χ1) is 4.62. The number of nitrogens with two attached hydrogens (primary N) is 1. The molecule has 1 fully saturated rings. The Morgan fingerprint density at radius 1 is 1.70 bits per heavy atom. The van der Waals surface area contributed by atoms with Crippen LogP contribution in [0, 0.1) is 11.8 Å². The van der Waals surface area contributed by atoms with Gasteiger partial charge in [-0.1, -0.05) is 6.92 Å². The number of amidine groups is 1. The number of aliphatic imine (C=N–C) groups is 1. The zero-order valence-corrected chi connectivity index (χ0v) is 6.59. The van der Waals surface area contributed by atoms with Crippen molar-refractivity contribution in [3.8, 4) is 0 Å². The minimum atomic E-state index is 0.252. The average Bonchev–Trinajstić information content (AvgIpc) is 2.39. The number of rotatable bonds is 0. The lowest BCUT2D eigenvalue weighted by Crippen LogP contribution is -2.26. The van der Waals surface area contributed by atoms with Crippen molar-refractivity contribution in [3.63, 3.8) is 0 Å². The molecule has 2 rings (SSSR count). The first-order valence-electron chi connectivity index (χ1n) is 3.96. The Balaban J connectivity index is 2.26. The maximum Gasteiger partial charge on any atom is 0.0946 e. The minimum Gasteiger partial charge on any atom is -0.387 e. The highest BCUT2D eigenvalue weighted by atomic mass is 15.0. The van der Waals surface area contributed by atoms with E-state index in [-0.39, 0.29) is 5.54 Å². The molecule has 2 N–H and O–H groups in total. The Labute approximate surface area is 61.5 Å². The van der Waals surface area contributed by atoms with Crippen LogP contribution in [0.2, 0.25) is 0 Å². The van der Waals surface area contributed by atoms with Gasteiger partial charge in [0.25, 0.3) is 0 Å². The number of nitrogens with zero attached hydrogens (tertiary/aromatic N) is 1. The van der Waals surface area contributed by atoms with Crippen LogP contribution in [0.4, 0.5) is 0 Å². The highest BCUT2D eigenvalue weighted by Gasteiger charge is 2.54. The zero-order valence-electron chi connectivity index (χ0n) is 6.59. The lowest BCUT2D eigenvalue weighted by molar-refractivity contribution is 0.451. The molecule has 3 atom stereocenters. The van der Waals surface area contributed by atoms with Crippen LogP contribution in [0.1, 0.15) is 26.7 Å². The van der Waals surface area contributed by atoms with E-state index in [9.17, 15) is 0 Å². The normalized spacial score (nSPS) is 51.6. The maximum atomic E-state index is 5.68. The molecule has 1 saturated carbocycles. The zero-order chi connectivity index (χ0) is 7.35. The largest absolute Gasteiger partial charge is 0.387 e. The van der Waals surface area contributed by atoms with Crippen LogP contribution in [0.3, 0.4) is 0 Å². The van der Waals surface area contributed by atoms with E-state index in [1.54, 1.807) is 0 Å². The molecule has 10 heavy (non-hydrogen) atoms. The molecule has 0 aromatic rings. The molecule has 1 aliphatic carbocycles. The Kier molecular flexibility index (Phi) is 0.960. The molecule has 0 unspecified atom stereocenters. The second kappa shape index (κ2) is 1.55. The van der Waals surface area contributed by atoms with Gasteiger partial charge in [-0.05, 0) is 25.2 Å². The molecule has 1 aliphatic heterocycles. The van der Waals surface area contributed by atoms with Crippen molar-refractivity contribution in [2.45, 2.75) is 32.2 Å². The molecular formula is C8H14N2. The fourth-order valence-corrected chi connectivity index (χ4v) is 2.17. The fraction of sp³-hybridized carbons (Fsp3) is 0.875. The summed E-state index contributed by atoms with van der Waals surface area (Å²) in [7, 11) is 0. The Hall–Kier alpha value is -0.530. The lowest BCUT2D eigenvalue weighted by atomic mass is 9.96. The molecular weight excluding hydrogens is 124 g/mol. The van der Waals surface area contributed by atoms with Gasteiger partial charge in [-0.2, -0.15) is 0 Å². The van der Waals surface area contributed by atoms with Crippen LogP contribution in [0.25, 0.3) is 0 Å². The van der Waals surface area contributed by atoms with Gasteiger partial charge in [-0.25, -0.2) is 0 Å². The first kappa shape index (κ1) is 6.20. The summed E-state index contributed by atoms with van der Waals surface area (Å²) in [5.74, 6) is 2.46. The molecule has 0 aromatic heterocycles. The molecule has 1 heterocycles. The third-order valence-corrected chi connectivity index (χ3v) is 2.89. The predicted molar refractivity (Wildman–Crippen MR) is 41.9 cm³/mol. The minimum absolute atomic E-state index is 0.252. The van der Waals surface area contributed by atoms with Crippen LogP contribution < -0.4 is 5.73 Å². The van der Waals surface area contributed by atoms with E-state index in [0.29, 0.717) is 0 Å². The SMILES string of the molecule is C[C@H]1CC(N)=N[C@@]2(C)C[C@@H]12. The topological polar surface area (TPSA) is 38.4 Å². The monoisotopic (exact) mass is 138 g/mol. The summed E-state index contributed by atoms with van der Waals surface area (Å²) >= 11 is 0. The van der Waals surface area contributed by atoms with E-state index in [1.807, 2.05) is 0 Å². The van der Waals surface area contributed by atoms with Crippen molar-refractivity contribution in [1.29, 1.82) is 0 Å². The number of hydrogen-bond donors (Lipinski definition) is 1. The number of fused-ring (bicyclic) bond motifs is 1. The van der Waals surface area contributed by atoms with Crippen molar-refractivity contribution in [3.05, 3.63) is 0 Å². The molecule has 56 valence electrons. The van der Waals surface area contributed by atoms with Gasteiger partial charge in [-0.15, -0.1) is 0 Å². The molecule has 0 aromatic carbocycles. The van der Waals surface area contributed by atoms with Crippen LogP contribution in [0.5, 0.6) is 0 Å². The summed E-state index contributed by atoms with van der Waals surface area (Å²) in [5.41, 5.74) is 5.93. The molecule has 0 amide bonds. The highest BCUT2D eigenvalue weighted by Crippen LogP contribution is 2.54. The number of hydrogen-bond acceptors (Lipinski definition) is 2. The fourth-order valence-electron chi connectivity index (χ4n) is 2.17. The van der Waals surface area contributed by atoms with Crippen molar-refractivity contribution >= 4 is 5.84 Å². The van der Waals surface area contributed by atoms with Gasteiger partial charge in [-0.3, -0.25) is 4.99 Å². The van der Waals surface area contributed by atoms with E-state index in [1.165, 1.54) is 6.42 Å². The quantitative estimate of drug-likeness (QED) is 0.536. The molecule has 0 saturated heterocycles. The molecule has 0 radical (unpaired) electrons. The summed E-state index contributed by atoms with van der Waals surface area (Å²) in [6.07, 6.45) is 2.27. The summed E-state index contributed by atoms with van der Waals surface area (Å²) in [6, 6.07) is 0. The molecule has 2 nitrogen and oxygen atoms in total. The van der Waals surface area contributed by atoms with Crippen LogP contribution in [-0.2, 0) is 0 Å². The molecule has 0 spiro atoms. The van der Waals surface area contributed by atoms with Crippen molar-refractivity contribution in [2.24, 2.45) is 22.6 Å². The summed E-state index contributed by atoms with van der Waals surface area (Å²) < 4.78 is 0. The first-order valence-corrected chi connectivity index (χ1v) is 3.96. The lowest BCUT2D eigenvalue weighted by Gasteiger charge is -2.19. The van der Waals surface area contributed by atoms with Crippen molar-refractivity contribution < 1.29 is 0 Å². The van der Waals surface area contributed by atoms with Crippen LogP contribution in [0.15, 0.2) is 4.99 Å². The highest BCUT2D eigenvalue weighted by molar-refractivity contribution is 5.82. The van der Waals surface area contributed by atoms with Crippen molar-refractivity contribution in [2.75, 3.05) is 0 Å². The van der Waals surface area contributed by atoms with Crippen LogP contribution >= 0.6 is 0 Å². The van der Waals surface area contributed by atoms with Gasteiger partial charge in [0.2, 0.25) is 0 Å². The summed E-state index contributed by atoms with van der Waals surface area (Å²) in [5, 5.41) is 0. The summed E-state index contributed by atoms with van der Waals surface area (Å²) in [4.78, 5) is 4.43. The van der Waals surface area contributed by atoms with Crippen molar-refractivity contribution in [1.82, 2.24) is 0 Å². The van der Waals surface area contributed by atoms with Gasteiger partial charge in [0.05, 0.1) is 11.4 Å². The Morgan fingerprint density at radius 2 is 2.40 bits per heavy atom. The maximum absolute atomic E-state index is 5.68. The van der Waals surface area contributed by atoms with E-state index in [0.717, 1.165) is 24.1 Å². The van der Waals surface area contributed by atoms with E-state index in [4.69, 9.17) is 5.73 Å². The van der Waals surface area contributed by atoms with E-state index >= 15 is 0 Å². The van der Waals surface area contributed by atoms with Gasteiger partial charge in [0.1, 0.15) is 0 Å². The molecule has 2 heteroatoms. The Morgan fingerprint density at radius 3 is 3.00 bits per heavy atom. The third-order valence-electron chi connectivity index (χ3n) is 2.89. The van der Waals surface area contributed by atoms with Crippen LogP contribution in [-0.4, -0.2) is 11.4 Å². The predicted octanol–water partition coefficient (Wildman–Crippen LogP) is 1.16. The van der Waals surface area contributed by atoms with E-state index < -0.39 is 0 Å². The van der Waals surface area contributed by atoms with Gasteiger partial charge < -0.3 is 5.73 Å². The van der Waals surface area contributed by atoms with E-state index in [2.05, 4.69) is 18.8 Å². The molecule has 0 bridgehead atoms.